The molecule has 0 radical (unpaired) electrons. The number of hydrogen-bond donors (Lipinski definition) is 0. The molecule has 2 unspecified atom stereocenters. The van der Waals surface area contributed by atoms with Gasteiger partial charge < -0.3 is 9.64 Å². The summed E-state index contributed by atoms with van der Waals surface area (Å²) in [7, 11) is 0. The lowest BCUT2D eigenvalue weighted by atomic mass is 9.97. The highest BCUT2D eigenvalue weighted by Gasteiger charge is 2.29. The van der Waals surface area contributed by atoms with Gasteiger partial charge >= 0.3 is 0 Å². The van der Waals surface area contributed by atoms with Gasteiger partial charge in [0.1, 0.15) is 5.75 Å². The molecule has 0 saturated carbocycles. The van der Waals surface area contributed by atoms with E-state index in [4.69, 9.17) is 4.74 Å². The van der Waals surface area contributed by atoms with Crippen molar-refractivity contribution in [3.05, 3.63) is 28.8 Å². The van der Waals surface area contributed by atoms with Crippen LogP contribution in [0.25, 0.3) is 0 Å². The fourth-order valence-corrected chi connectivity index (χ4v) is 3.28. The van der Waals surface area contributed by atoms with Crippen LogP contribution in [0.1, 0.15) is 49.8 Å². The van der Waals surface area contributed by atoms with E-state index in [1.165, 1.54) is 17.5 Å². The van der Waals surface area contributed by atoms with E-state index >= 15 is 0 Å². The minimum atomic E-state index is 0.105. The maximum atomic E-state index is 12.5. The highest BCUT2D eigenvalue weighted by Crippen LogP contribution is 2.25. The third kappa shape index (κ3) is 3.58. The molecule has 1 saturated heterocycles. The van der Waals surface area contributed by atoms with E-state index in [0.717, 1.165) is 24.2 Å². The normalized spacial score (nSPS) is 22.2. The molecule has 116 valence electrons. The van der Waals surface area contributed by atoms with Crippen molar-refractivity contribution in [1.82, 2.24) is 4.90 Å². The first kappa shape index (κ1) is 15.9. The third-order valence-electron chi connectivity index (χ3n) is 4.60. The number of rotatable bonds is 3. The van der Waals surface area contributed by atoms with E-state index in [-0.39, 0.29) is 12.5 Å². The first-order valence-corrected chi connectivity index (χ1v) is 7.92. The van der Waals surface area contributed by atoms with Gasteiger partial charge in [0.2, 0.25) is 0 Å². The predicted molar refractivity (Wildman–Crippen MR) is 85.8 cm³/mol. The Morgan fingerprint density at radius 1 is 1.19 bits per heavy atom. The van der Waals surface area contributed by atoms with Gasteiger partial charge in [-0.2, -0.15) is 0 Å². The summed E-state index contributed by atoms with van der Waals surface area (Å²) in [6.07, 6.45) is 3.40. The van der Waals surface area contributed by atoms with E-state index < -0.39 is 0 Å². The Kier molecular flexibility index (Phi) is 4.92. The van der Waals surface area contributed by atoms with Crippen molar-refractivity contribution in [2.75, 3.05) is 6.61 Å². The second kappa shape index (κ2) is 6.50. The van der Waals surface area contributed by atoms with Gasteiger partial charge in [-0.3, -0.25) is 4.79 Å². The van der Waals surface area contributed by atoms with E-state index in [1.807, 2.05) is 17.9 Å². The van der Waals surface area contributed by atoms with Crippen molar-refractivity contribution < 1.29 is 9.53 Å². The largest absolute Gasteiger partial charge is 0.483 e. The lowest BCUT2D eigenvalue weighted by Gasteiger charge is -2.39. The molecule has 21 heavy (non-hydrogen) atoms. The van der Waals surface area contributed by atoms with Crippen LogP contribution in [-0.4, -0.2) is 29.5 Å². The topological polar surface area (TPSA) is 29.5 Å². The van der Waals surface area contributed by atoms with Crippen molar-refractivity contribution in [2.24, 2.45) is 0 Å². The Balaban J connectivity index is 2.04. The second-order valence-electron chi connectivity index (χ2n) is 6.42. The van der Waals surface area contributed by atoms with Crippen LogP contribution in [0, 0.1) is 20.8 Å². The molecule has 0 N–H and O–H groups in total. The fourth-order valence-electron chi connectivity index (χ4n) is 3.28. The van der Waals surface area contributed by atoms with Crippen molar-refractivity contribution >= 4 is 5.91 Å². The molecule has 1 aromatic carbocycles. The molecular formula is C18H27NO2. The Hall–Kier alpha value is -1.51. The summed E-state index contributed by atoms with van der Waals surface area (Å²) in [5, 5.41) is 0. The number of nitrogens with zero attached hydrogens (tertiary/aromatic N) is 1. The maximum absolute atomic E-state index is 12.5. The standard InChI is InChI=1S/C18H27NO2/c1-12-9-13(2)16(5)17(10-12)21-11-18(20)19-14(3)7-6-8-15(19)4/h9-10,14-15H,6-8,11H2,1-5H3. The van der Waals surface area contributed by atoms with Crippen LogP contribution < -0.4 is 4.74 Å². The third-order valence-corrected chi connectivity index (χ3v) is 4.60. The molecule has 0 aromatic heterocycles. The average Bonchev–Trinajstić information content (AvgIpc) is 2.41. The summed E-state index contributed by atoms with van der Waals surface area (Å²) in [6.45, 7) is 10.6. The lowest BCUT2D eigenvalue weighted by Crippen LogP contribution is -2.49. The molecule has 0 spiro atoms. The monoisotopic (exact) mass is 289 g/mol. The summed E-state index contributed by atoms with van der Waals surface area (Å²) < 4.78 is 5.82. The molecule has 0 bridgehead atoms. The van der Waals surface area contributed by atoms with Crippen LogP contribution in [0.2, 0.25) is 0 Å². The SMILES string of the molecule is Cc1cc(C)c(C)c(OCC(=O)N2C(C)CCCC2C)c1. The van der Waals surface area contributed by atoms with E-state index in [9.17, 15) is 4.79 Å². The molecule has 1 aliphatic heterocycles. The van der Waals surface area contributed by atoms with Crippen LogP contribution in [0.3, 0.4) is 0 Å². The minimum absolute atomic E-state index is 0.105. The maximum Gasteiger partial charge on any atom is 0.260 e. The van der Waals surface area contributed by atoms with Gasteiger partial charge in [-0.05, 0) is 76.6 Å². The molecule has 3 nitrogen and oxygen atoms in total. The predicted octanol–water partition coefficient (Wildman–Crippen LogP) is 3.78. The van der Waals surface area contributed by atoms with Crippen LogP contribution in [0.5, 0.6) is 5.75 Å². The van der Waals surface area contributed by atoms with E-state index in [2.05, 4.69) is 33.8 Å². The summed E-state index contributed by atoms with van der Waals surface area (Å²) in [5.74, 6) is 0.937. The molecule has 1 aromatic rings. The molecule has 1 fully saturated rings. The van der Waals surface area contributed by atoms with Gasteiger partial charge in [-0.25, -0.2) is 0 Å². The van der Waals surface area contributed by atoms with Crippen molar-refractivity contribution in [2.45, 2.75) is 66.0 Å². The van der Waals surface area contributed by atoms with E-state index in [0.29, 0.717) is 12.1 Å². The molecule has 1 amide bonds. The zero-order chi connectivity index (χ0) is 15.6. The number of carbonyl (C=O) groups excluding carboxylic acids is 1. The minimum Gasteiger partial charge on any atom is -0.483 e. The van der Waals surface area contributed by atoms with Crippen LogP contribution in [0.4, 0.5) is 0 Å². The Bertz CT molecular complexity index is 514. The van der Waals surface area contributed by atoms with Gasteiger partial charge in [-0.15, -0.1) is 0 Å². The lowest BCUT2D eigenvalue weighted by molar-refractivity contribution is -0.139. The summed E-state index contributed by atoms with van der Waals surface area (Å²) >= 11 is 0. The number of ether oxygens (including phenoxy) is 1. The summed E-state index contributed by atoms with van der Waals surface area (Å²) in [6, 6.07) is 4.80. The summed E-state index contributed by atoms with van der Waals surface area (Å²) in [4.78, 5) is 14.5. The Morgan fingerprint density at radius 3 is 2.43 bits per heavy atom. The number of benzene rings is 1. The molecule has 2 atom stereocenters. The molecule has 1 heterocycles. The highest BCUT2D eigenvalue weighted by atomic mass is 16.5. The fraction of sp³-hybridized carbons (Fsp3) is 0.611. The van der Waals surface area contributed by atoms with Crippen LogP contribution in [0.15, 0.2) is 12.1 Å². The molecule has 1 aliphatic rings. The van der Waals surface area contributed by atoms with Crippen molar-refractivity contribution in [3.63, 3.8) is 0 Å². The number of amides is 1. The van der Waals surface area contributed by atoms with Gasteiger partial charge in [0.25, 0.3) is 5.91 Å². The Labute approximate surface area is 128 Å². The Morgan fingerprint density at radius 2 is 1.81 bits per heavy atom. The molecule has 2 rings (SSSR count). The smallest absolute Gasteiger partial charge is 0.260 e. The zero-order valence-electron chi connectivity index (χ0n) is 13.9. The summed E-state index contributed by atoms with van der Waals surface area (Å²) in [5.41, 5.74) is 3.49. The number of aryl methyl sites for hydroxylation is 2. The van der Waals surface area contributed by atoms with E-state index in [1.54, 1.807) is 0 Å². The van der Waals surface area contributed by atoms with Gasteiger partial charge in [-0.1, -0.05) is 6.07 Å². The first-order valence-electron chi connectivity index (χ1n) is 7.92. The van der Waals surface area contributed by atoms with Crippen LogP contribution in [-0.2, 0) is 4.79 Å². The quantitative estimate of drug-likeness (QED) is 0.847. The zero-order valence-corrected chi connectivity index (χ0v) is 13.9. The number of piperidine rings is 1. The number of likely N-dealkylation sites (tertiary alicyclic amines) is 1. The molecule has 0 aliphatic carbocycles. The first-order chi connectivity index (χ1) is 9.90. The molecule has 3 heteroatoms. The molecular weight excluding hydrogens is 262 g/mol. The van der Waals surface area contributed by atoms with Gasteiger partial charge in [0.05, 0.1) is 0 Å². The van der Waals surface area contributed by atoms with Gasteiger partial charge in [0, 0.05) is 12.1 Å². The highest BCUT2D eigenvalue weighted by molar-refractivity contribution is 5.78. The second-order valence-corrected chi connectivity index (χ2v) is 6.42. The van der Waals surface area contributed by atoms with Crippen LogP contribution >= 0.6 is 0 Å². The van der Waals surface area contributed by atoms with Gasteiger partial charge in [0.15, 0.2) is 6.61 Å². The van der Waals surface area contributed by atoms with Crippen molar-refractivity contribution in [1.29, 1.82) is 0 Å². The van der Waals surface area contributed by atoms with Crippen molar-refractivity contribution in [3.8, 4) is 5.75 Å². The average molecular weight is 289 g/mol. The number of hydrogen-bond acceptors (Lipinski definition) is 2. The number of carbonyl (C=O) groups is 1.